The summed E-state index contributed by atoms with van der Waals surface area (Å²) in [5.74, 6) is 0. The number of halogens is 1. The van der Waals surface area contributed by atoms with E-state index in [1.807, 2.05) is 30.3 Å². The van der Waals surface area contributed by atoms with Crippen molar-refractivity contribution in [3.05, 3.63) is 65.7 Å². The van der Waals surface area contributed by atoms with Crippen molar-refractivity contribution in [2.75, 3.05) is 31.4 Å². The molecule has 6 nitrogen and oxygen atoms in total. The van der Waals surface area contributed by atoms with E-state index in [9.17, 15) is 13.2 Å². The lowest BCUT2D eigenvalue weighted by atomic mass is 9.95. The Balaban J connectivity index is 2.41. The minimum absolute atomic E-state index is 0.0148. The fourth-order valence-electron chi connectivity index (χ4n) is 3.58. The second kappa shape index (κ2) is 15.2. The molecular weight excluding hydrogens is 596 g/mol. The lowest BCUT2D eigenvalue weighted by Gasteiger charge is -2.36. The molecule has 216 valence electrons. The summed E-state index contributed by atoms with van der Waals surface area (Å²) < 4.78 is 41.7. The Morgan fingerprint density at radius 1 is 0.821 bits per heavy atom. The fraction of sp³-hybridized carbons (Fsp3) is 0.500. The Morgan fingerprint density at radius 2 is 1.38 bits per heavy atom. The fourth-order valence-corrected chi connectivity index (χ4v) is 5.54. The average molecular weight is 640 g/mol. The number of sulfone groups is 1. The molecular formula is C30H43BrO6SSi. The molecule has 0 amide bonds. The van der Waals surface area contributed by atoms with E-state index in [-0.39, 0.29) is 16.5 Å². The summed E-state index contributed by atoms with van der Waals surface area (Å²) in [5.41, 5.74) is 3.33. The van der Waals surface area contributed by atoms with Gasteiger partial charge in [-0.15, -0.1) is 0 Å². The van der Waals surface area contributed by atoms with E-state index in [0.29, 0.717) is 13.2 Å². The number of unbranched alkanes of at least 4 members (excludes halogenated alkanes) is 3. The van der Waals surface area contributed by atoms with Crippen LogP contribution in [0.2, 0.25) is 18.1 Å². The summed E-state index contributed by atoms with van der Waals surface area (Å²) in [5, 5.41) is 0.986. The van der Waals surface area contributed by atoms with Crippen LogP contribution in [0.25, 0.3) is 11.1 Å². The summed E-state index contributed by atoms with van der Waals surface area (Å²) in [4.78, 5) is 12.7. The van der Waals surface area contributed by atoms with E-state index in [2.05, 4.69) is 49.8 Å². The average Bonchev–Trinajstić information content (AvgIpc) is 2.87. The number of benzene rings is 2. The first-order chi connectivity index (χ1) is 18.3. The van der Waals surface area contributed by atoms with Crippen LogP contribution in [-0.2, 0) is 23.7 Å². The van der Waals surface area contributed by atoms with E-state index in [4.69, 9.17) is 13.9 Å². The zero-order valence-electron chi connectivity index (χ0n) is 24.1. The predicted octanol–water partition coefficient (Wildman–Crippen LogP) is 8.13. The molecule has 0 N–H and O–H groups in total. The van der Waals surface area contributed by atoms with Gasteiger partial charge in [-0.1, -0.05) is 92.0 Å². The zero-order chi connectivity index (χ0) is 29.1. The molecule has 0 radical (unpaired) electrons. The number of ether oxygens (including phenoxy) is 2. The van der Waals surface area contributed by atoms with Gasteiger partial charge in [-0.05, 0) is 59.8 Å². The number of carbonyl (C=O) groups excluding carboxylic acids is 1. The maximum atomic E-state index is 12.5. The van der Waals surface area contributed by atoms with Crippen LogP contribution < -0.4 is 0 Å². The summed E-state index contributed by atoms with van der Waals surface area (Å²) in [6.45, 7) is 11.6. The highest BCUT2D eigenvalue weighted by atomic mass is 79.9. The quantitative estimate of drug-likeness (QED) is 0.0683. The molecule has 9 heteroatoms. The molecule has 0 aliphatic rings. The van der Waals surface area contributed by atoms with Crippen LogP contribution in [0.1, 0.15) is 57.6 Å². The van der Waals surface area contributed by atoms with Gasteiger partial charge in [0.15, 0.2) is 18.2 Å². The highest BCUT2D eigenvalue weighted by Gasteiger charge is 2.37. The number of carbonyl (C=O) groups is 1. The molecule has 0 spiro atoms. The van der Waals surface area contributed by atoms with Crippen LogP contribution in [-0.4, -0.2) is 54.3 Å². The van der Waals surface area contributed by atoms with Gasteiger partial charge in [-0.25, -0.2) is 13.2 Å². The third-order valence-corrected chi connectivity index (χ3v) is 13.3. The van der Waals surface area contributed by atoms with Gasteiger partial charge in [0.1, 0.15) is 6.61 Å². The summed E-state index contributed by atoms with van der Waals surface area (Å²) in [6, 6.07) is 16.5. The van der Waals surface area contributed by atoms with Gasteiger partial charge in [0.2, 0.25) is 0 Å². The lowest BCUT2D eigenvalue weighted by molar-refractivity contribution is 0.0633. The van der Waals surface area contributed by atoms with Crippen LogP contribution in [0.3, 0.4) is 0 Å². The smallest absolute Gasteiger partial charge is 0.434 e. The summed E-state index contributed by atoms with van der Waals surface area (Å²) >= 11 is 3.42. The molecule has 0 heterocycles. The third kappa shape index (κ3) is 10.9. The molecule has 0 fully saturated rings. The molecule has 0 saturated heterocycles. The molecule has 0 saturated carbocycles. The van der Waals surface area contributed by atoms with E-state index >= 15 is 0 Å². The van der Waals surface area contributed by atoms with E-state index < -0.39 is 24.3 Å². The molecule has 2 aromatic rings. The molecule has 0 aliphatic carbocycles. The largest absolute Gasteiger partial charge is 0.508 e. The van der Waals surface area contributed by atoms with Gasteiger partial charge in [0.05, 0.1) is 18.1 Å². The molecule has 0 aromatic heterocycles. The topological polar surface area (TPSA) is 78.9 Å². The van der Waals surface area contributed by atoms with Crippen molar-refractivity contribution < 1.29 is 27.1 Å². The normalized spacial score (nSPS) is 13.1. The van der Waals surface area contributed by atoms with E-state index in [1.54, 1.807) is 24.3 Å². The Labute approximate surface area is 244 Å². The van der Waals surface area contributed by atoms with Gasteiger partial charge in [-0.2, -0.15) is 0 Å². The van der Waals surface area contributed by atoms with Gasteiger partial charge >= 0.3 is 6.16 Å². The molecule has 0 bridgehead atoms. The third-order valence-electron chi connectivity index (χ3n) is 7.08. The lowest BCUT2D eigenvalue weighted by Crippen LogP contribution is -2.41. The van der Waals surface area contributed by atoms with Gasteiger partial charge in [0.25, 0.3) is 0 Å². The molecule has 0 unspecified atom stereocenters. The molecule has 0 aliphatic heterocycles. The van der Waals surface area contributed by atoms with Gasteiger partial charge in [0, 0.05) is 17.2 Å². The Kier molecular flexibility index (Phi) is 12.9. The monoisotopic (exact) mass is 638 g/mol. The Bertz CT molecular complexity index is 1190. The Hall–Kier alpha value is -1.94. The van der Waals surface area contributed by atoms with Crippen LogP contribution in [0.15, 0.2) is 59.5 Å². The number of hydrogen-bond donors (Lipinski definition) is 0. The SMILES string of the molecule is CC(C)(C)[Si](C)(C)OC/C(=C(\COC(=O)OCCCCCCBr)c1ccc(S(C)(=O)=O)cc1)c1ccccc1. The van der Waals surface area contributed by atoms with Crippen molar-refractivity contribution >= 4 is 51.4 Å². The van der Waals surface area contributed by atoms with Crippen LogP contribution >= 0.6 is 15.9 Å². The van der Waals surface area contributed by atoms with Crippen LogP contribution in [0.4, 0.5) is 4.79 Å². The van der Waals surface area contributed by atoms with Crippen LogP contribution in [0.5, 0.6) is 0 Å². The molecule has 0 atom stereocenters. The molecule has 2 rings (SSSR count). The van der Waals surface area contributed by atoms with Crippen molar-refractivity contribution in [3.63, 3.8) is 0 Å². The van der Waals surface area contributed by atoms with Crippen molar-refractivity contribution in [1.29, 1.82) is 0 Å². The predicted molar refractivity (Wildman–Crippen MR) is 166 cm³/mol. The minimum Gasteiger partial charge on any atom is -0.434 e. The standard InChI is InChI=1S/C30H43BrO6SSi/c1-30(2,3)39(5,6)37-23-28(24-14-10-9-11-15-24)27(25-16-18-26(19-17-25)38(4,33)34)22-36-29(32)35-21-13-8-7-12-20-31/h9-11,14-19H,7-8,12-13,20-23H2,1-6H3/b28-27-. The second-order valence-electron chi connectivity index (χ2n) is 11.2. The van der Waals surface area contributed by atoms with Crippen molar-refractivity contribution in [2.24, 2.45) is 0 Å². The molecule has 2 aromatic carbocycles. The first-order valence-electron chi connectivity index (χ1n) is 13.3. The summed E-state index contributed by atoms with van der Waals surface area (Å²) in [6.07, 6.45) is 4.40. The maximum Gasteiger partial charge on any atom is 0.508 e. The number of rotatable bonds is 14. The second-order valence-corrected chi connectivity index (χ2v) is 18.8. The van der Waals surface area contributed by atoms with Crippen molar-refractivity contribution in [1.82, 2.24) is 0 Å². The minimum atomic E-state index is -3.35. The van der Waals surface area contributed by atoms with Gasteiger partial charge in [-0.3, -0.25) is 0 Å². The Morgan fingerprint density at radius 3 is 1.95 bits per heavy atom. The van der Waals surface area contributed by atoms with Gasteiger partial charge < -0.3 is 13.9 Å². The maximum absolute atomic E-state index is 12.5. The van der Waals surface area contributed by atoms with Crippen LogP contribution in [0, 0.1) is 0 Å². The molecule has 39 heavy (non-hydrogen) atoms. The highest BCUT2D eigenvalue weighted by Crippen LogP contribution is 2.38. The zero-order valence-corrected chi connectivity index (χ0v) is 27.5. The van der Waals surface area contributed by atoms with Crippen molar-refractivity contribution in [3.8, 4) is 0 Å². The highest BCUT2D eigenvalue weighted by molar-refractivity contribution is 9.09. The first-order valence-corrected chi connectivity index (χ1v) is 19.3. The van der Waals surface area contributed by atoms with Crippen molar-refractivity contribution in [2.45, 2.75) is 69.5 Å². The van der Waals surface area contributed by atoms with E-state index in [1.165, 1.54) is 6.26 Å². The summed E-state index contributed by atoms with van der Waals surface area (Å²) in [7, 11) is -5.46. The first kappa shape index (κ1) is 33.3. The number of alkyl halides is 1. The number of hydrogen-bond acceptors (Lipinski definition) is 6. The van der Waals surface area contributed by atoms with E-state index in [0.717, 1.165) is 53.3 Å².